The van der Waals surface area contributed by atoms with Crippen LogP contribution in [0.4, 0.5) is 0 Å². The highest BCUT2D eigenvalue weighted by molar-refractivity contribution is 5.89. The van der Waals surface area contributed by atoms with Gasteiger partial charge >= 0.3 is 11.9 Å². The van der Waals surface area contributed by atoms with Gasteiger partial charge in [-0.15, -0.1) is 0 Å². The van der Waals surface area contributed by atoms with E-state index >= 15 is 0 Å². The van der Waals surface area contributed by atoms with E-state index in [1.54, 1.807) is 36.7 Å². The zero-order valence-corrected chi connectivity index (χ0v) is 15.0. The van der Waals surface area contributed by atoms with Crippen LogP contribution in [0.2, 0.25) is 0 Å². The topological polar surface area (TPSA) is 78.4 Å². The number of aromatic nitrogens is 2. The van der Waals surface area contributed by atoms with Crippen molar-refractivity contribution in [1.82, 2.24) is 9.97 Å². The van der Waals surface area contributed by atoms with Gasteiger partial charge in [-0.3, -0.25) is 9.97 Å². The number of carbonyl (C=O) groups excluding carboxylic acids is 2. The number of pyridine rings is 2. The summed E-state index contributed by atoms with van der Waals surface area (Å²) in [5.41, 5.74) is 0.917. The zero-order valence-electron chi connectivity index (χ0n) is 15.0. The number of hydrogen-bond donors (Lipinski definition) is 0. The Labute approximate surface area is 157 Å². The summed E-state index contributed by atoms with van der Waals surface area (Å²) in [5, 5.41) is 0. The third kappa shape index (κ3) is 3.84. The van der Waals surface area contributed by atoms with Crippen LogP contribution < -0.4 is 0 Å². The molecule has 6 nitrogen and oxygen atoms in total. The SMILES string of the molecule is O=C(OCC1C2CCC(C2)C1COC(=O)c1cccnc1)c1cccnc1. The molecule has 0 radical (unpaired) electrons. The molecule has 0 amide bonds. The summed E-state index contributed by atoms with van der Waals surface area (Å²) < 4.78 is 11.1. The summed E-state index contributed by atoms with van der Waals surface area (Å²) >= 11 is 0. The van der Waals surface area contributed by atoms with Crippen molar-refractivity contribution in [3.63, 3.8) is 0 Å². The van der Waals surface area contributed by atoms with Gasteiger partial charge in [0.2, 0.25) is 0 Å². The Morgan fingerprint density at radius 2 is 1.33 bits per heavy atom. The molecule has 2 fully saturated rings. The molecule has 4 rings (SSSR count). The average molecular weight is 366 g/mol. The zero-order chi connectivity index (χ0) is 18.6. The number of hydrogen-bond acceptors (Lipinski definition) is 6. The van der Waals surface area contributed by atoms with Crippen LogP contribution >= 0.6 is 0 Å². The second-order valence-corrected chi connectivity index (χ2v) is 7.34. The lowest BCUT2D eigenvalue weighted by molar-refractivity contribution is 0.0113. The largest absolute Gasteiger partial charge is 0.462 e. The minimum absolute atomic E-state index is 0.242. The van der Waals surface area contributed by atoms with Crippen LogP contribution in [0.3, 0.4) is 0 Å². The first kappa shape index (κ1) is 17.6. The van der Waals surface area contributed by atoms with Crippen molar-refractivity contribution in [3.05, 3.63) is 60.2 Å². The molecule has 0 spiro atoms. The molecule has 2 aromatic heterocycles. The first-order valence-corrected chi connectivity index (χ1v) is 9.36. The lowest BCUT2D eigenvalue weighted by Gasteiger charge is -2.30. The van der Waals surface area contributed by atoms with Crippen molar-refractivity contribution < 1.29 is 19.1 Å². The maximum Gasteiger partial charge on any atom is 0.339 e. The molecule has 2 aliphatic rings. The maximum atomic E-state index is 12.2. The highest BCUT2D eigenvalue weighted by Gasteiger charge is 2.48. The Kier molecular flexibility index (Phi) is 5.14. The van der Waals surface area contributed by atoms with Gasteiger partial charge in [0, 0.05) is 36.6 Å². The van der Waals surface area contributed by atoms with E-state index in [1.165, 1.54) is 12.4 Å². The van der Waals surface area contributed by atoms with Gasteiger partial charge in [0.1, 0.15) is 0 Å². The number of esters is 2. The van der Waals surface area contributed by atoms with Crippen molar-refractivity contribution in [2.45, 2.75) is 19.3 Å². The molecule has 2 bridgehead atoms. The number of rotatable bonds is 6. The highest BCUT2D eigenvalue weighted by atomic mass is 16.5. The molecule has 0 aliphatic heterocycles. The van der Waals surface area contributed by atoms with E-state index in [1.807, 2.05) is 0 Å². The third-order valence-electron chi connectivity index (χ3n) is 5.88. The number of nitrogens with zero attached hydrogens (tertiary/aromatic N) is 2. The summed E-state index contributed by atoms with van der Waals surface area (Å²) in [6, 6.07) is 6.83. The molecule has 2 heterocycles. The van der Waals surface area contributed by atoms with Gasteiger partial charge in [-0.2, -0.15) is 0 Å². The smallest absolute Gasteiger partial charge is 0.339 e. The fourth-order valence-electron chi connectivity index (χ4n) is 4.53. The van der Waals surface area contributed by atoms with Crippen LogP contribution in [-0.2, 0) is 9.47 Å². The molecule has 140 valence electrons. The fraction of sp³-hybridized carbons (Fsp3) is 0.429. The second kappa shape index (κ2) is 7.86. The minimum atomic E-state index is -0.350. The van der Waals surface area contributed by atoms with Crippen LogP contribution in [0, 0.1) is 23.7 Å². The molecule has 4 unspecified atom stereocenters. The van der Waals surface area contributed by atoms with Gasteiger partial charge in [-0.05, 0) is 55.4 Å². The lowest BCUT2D eigenvalue weighted by Crippen LogP contribution is -2.31. The highest BCUT2D eigenvalue weighted by Crippen LogP contribution is 2.52. The Bertz CT molecular complexity index is 729. The molecule has 0 saturated heterocycles. The summed E-state index contributed by atoms with van der Waals surface area (Å²) in [4.78, 5) is 32.3. The molecule has 2 aromatic rings. The van der Waals surface area contributed by atoms with E-state index in [0.29, 0.717) is 36.2 Å². The van der Waals surface area contributed by atoms with Gasteiger partial charge in [0.15, 0.2) is 0 Å². The van der Waals surface area contributed by atoms with Gasteiger partial charge < -0.3 is 9.47 Å². The Morgan fingerprint density at radius 3 is 1.74 bits per heavy atom. The van der Waals surface area contributed by atoms with Crippen LogP contribution in [0.25, 0.3) is 0 Å². The minimum Gasteiger partial charge on any atom is -0.462 e. The van der Waals surface area contributed by atoms with Crippen LogP contribution in [0.15, 0.2) is 49.1 Å². The fourth-order valence-corrected chi connectivity index (χ4v) is 4.53. The number of fused-ring (bicyclic) bond motifs is 2. The quantitative estimate of drug-likeness (QED) is 0.731. The number of ether oxygens (including phenoxy) is 2. The average Bonchev–Trinajstić information content (AvgIpc) is 3.33. The van der Waals surface area contributed by atoms with Crippen molar-refractivity contribution in [1.29, 1.82) is 0 Å². The van der Waals surface area contributed by atoms with Crippen LogP contribution in [0.1, 0.15) is 40.0 Å². The monoisotopic (exact) mass is 366 g/mol. The van der Waals surface area contributed by atoms with E-state index in [-0.39, 0.29) is 23.8 Å². The summed E-state index contributed by atoms with van der Waals surface area (Å²) in [6.07, 6.45) is 9.72. The van der Waals surface area contributed by atoms with E-state index < -0.39 is 0 Å². The number of carbonyl (C=O) groups is 2. The molecule has 6 heteroatoms. The molecule has 27 heavy (non-hydrogen) atoms. The van der Waals surface area contributed by atoms with E-state index in [9.17, 15) is 9.59 Å². The maximum absolute atomic E-state index is 12.2. The predicted molar refractivity (Wildman–Crippen MR) is 96.9 cm³/mol. The Hall–Kier alpha value is -2.76. The van der Waals surface area contributed by atoms with Crippen molar-refractivity contribution in [2.24, 2.45) is 23.7 Å². The van der Waals surface area contributed by atoms with Crippen molar-refractivity contribution >= 4 is 11.9 Å². The predicted octanol–water partition coefficient (Wildman–Crippen LogP) is 3.15. The van der Waals surface area contributed by atoms with Crippen LogP contribution in [-0.4, -0.2) is 35.1 Å². The molecule has 0 aromatic carbocycles. The molecular weight excluding hydrogens is 344 g/mol. The second-order valence-electron chi connectivity index (χ2n) is 7.34. The Balaban J connectivity index is 1.35. The molecule has 2 aliphatic carbocycles. The Morgan fingerprint density at radius 1 is 0.852 bits per heavy atom. The summed E-state index contributed by atoms with van der Waals surface area (Å²) in [7, 11) is 0. The molecule has 4 atom stereocenters. The van der Waals surface area contributed by atoms with E-state index in [2.05, 4.69) is 9.97 Å². The van der Waals surface area contributed by atoms with Gasteiger partial charge in [-0.1, -0.05) is 0 Å². The molecule has 0 N–H and O–H groups in total. The van der Waals surface area contributed by atoms with E-state index in [0.717, 1.165) is 19.3 Å². The first-order valence-electron chi connectivity index (χ1n) is 9.36. The van der Waals surface area contributed by atoms with Gasteiger partial charge in [0.25, 0.3) is 0 Å². The third-order valence-corrected chi connectivity index (χ3v) is 5.88. The first-order chi connectivity index (χ1) is 13.2. The molecule has 2 saturated carbocycles. The summed E-state index contributed by atoms with van der Waals surface area (Å²) in [5.74, 6) is 0.865. The van der Waals surface area contributed by atoms with Gasteiger partial charge in [-0.25, -0.2) is 9.59 Å². The van der Waals surface area contributed by atoms with Crippen LogP contribution in [0.5, 0.6) is 0 Å². The molecular formula is C21H22N2O4. The van der Waals surface area contributed by atoms with Crippen molar-refractivity contribution in [3.8, 4) is 0 Å². The lowest BCUT2D eigenvalue weighted by atomic mass is 9.80. The normalized spacial score (nSPS) is 25.9. The summed E-state index contributed by atoms with van der Waals surface area (Å²) in [6.45, 7) is 0.730. The van der Waals surface area contributed by atoms with Crippen molar-refractivity contribution in [2.75, 3.05) is 13.2 Å². The standard InChI is InChI=1S/C21H22N2O4/c24-20(16-3-1-7-22-10-16)26-12-18-14-5-6-15(9-14)19(18)13-27-21(25)17-4-2-8-23-11-17/h1-4,7-8,10-11,14-15,18-19H,5-6,9,12-13H2. The van der Waals surface area contributed by atoms with E-state index in [4.69, 9.17) is 9.47 Å². The van der Waals surface area contributed by atoms with Gasteiger partial charge in [0.05, 0.1) is 24.3 Å².